The Morgan fingerprint density at radius 2 is 1.03 bits per heavy atom. The number of aromatic nitrogens is 1. The average molecular weight is 781 g/mol. The van der Waals surface area contributed by atoms with Gasteiger partial charge in [-0.15, -0.1) is 0 Å². The van der Waals surface area contributed by atoms with Gasteiger partial charge in [-0.3, -0.25) is 0 Å². The third kappa shape index (κ3) is 5.81. The SMILES string of the molecule is C1=c2c(oc3ccccc23)=C(c2ccc(N(c3ccccc3-c3cccc(-c4ccccc4-n4c5ccccc5c5ccccc54)c3)c3cccc4ccccc34)cc2)CC1. The molecule has 3 nitrogen and oxygen atoms in total. The maximum absolute atomic E-state index is 6.51. The van der Waals surface area contributed by atoms with Crippen LogP contribution in [0.3, 0.4) is 0 Å². The molecule has 0 aliphatic heterocycles. The fourth-order valence-corrected chi connectivity index (χ4v) is 9.73. The lowest BCUT2D eigenvalue weighted by Gasteiger charge is -2.29. The molecule has 0 amide bonds. The minimum absolute atomic E-state index is 0.942. The van der Waals surface area contributed by atoms with Crippen molar-refractivity contribution in [3.05, 3.63) is 229 Å². The Labute approximate surface area is 354 Å². The van der Waals surface area contributed by atoms with Crippen LogP contribution in [0.5, 0.6) is 0 Å². The van der Waals surface area contributed by atoms with Gasteiger partial charge in [0.25, 0.3) is 0 Å². The average Bonchev–Trinajstić information content (AvgIpc) is 3.88. The summed E-state index contributed by atoms with van der Waals surface area (Å²) in [5, 5.41) is 7.31. The van der Waals surface area contributed by atoms with Crippen LogP contribution in [0.15, 0.2) is 217 Å². The highest BCUT2D eigenvalue weighted by Crippen LogP contribution is 2.45. The van der Waals surface area contributed by atoms with Crippen LogP contribution < -0.4 is 15.5 Å². The van der Waals surface area contributed by atoms with Gasteiger partial charge in [-0.05, 0) is 89.5 Å². The van der Waals surface area contributed by atoms with Crippen molar-refractivity contribution in [3.8, 4) is 27.9 Å². The molecule has 0 unspecified atom stereocenters. The predicted octanol–water partition coefficient (Wildman–Crippen LogP) is 14.3. The molecule has 3 heteroatoms. The first-order chi connectivity index (χ1) is 30.3. The van der Waals surface area contributed by atoms with Gasteiger partial charge in [-0.25, -0.2) is 0 Å². The van der Waals surface area contributed by atoms with E-state index in [1.165, 1.54) is 59.9 Å². The standard InChI is InChI=1S/C58H40N2O/c1-2-20-44-39(16-1)17-14-32-53(44)59(43-36-34-40(35-37-43)47-26-15-27-51-50-25-7-12-33-57(50)61-58(47)51)52-28-8-3-21-45(52)41-18-13-19-42(38-41)46-22-4-9-29-54(46)60-55-30-10-5-23-48(55)49-24-6-11-31-56(49)60/h1-14,16-25,27-38H,15,26H2. The molecule has 288 valence electrons. The summed E-state index contributed by atoms with van der Waals surface area (Å²) >= 11 is 0. The van der Waals surface area contributed by atoms with E-state index in [0.29, 0.717) is 0 Å². The van der Waals surface area contributed by atoms with E-state index in [4.69, 9.17) is 4.42 Å². The molecule has 12 rings (SSSR count). The molecule has 0 saturated heterocycles. The first kappa shape index (κ1) is 35.1. The van der Waals surface area contributed by atoms with Gasteiger partial charge in [-0.2, -0.15) is 0 Å². The van der Waals surface area contributed by atoms with Crippen LogP contribution in [0.2, 0.25) is 0 Å². The first-order valence-electron chi connectivity index (χ1n) is 21.2. The summed E-state index contributed by atoms with van der Waals surface area (Å²) in [4.78, 5) is 2.44. The van der Waals surface area contributed by atoms with E-state index in [0.717, 1.165) is 63.3 Å². The molecular weight excluding hydrogens is 741 g/mol. The van der Waals surface area contributed by atoms with Crippen LogP contribution in [0.25, 0.3) is 83.1 Å². The second-order valence-electron chi connectivity index (χ2n) is 15.9. The number of furan rings is 1. The summed E-state index contributed by atoms with van der Waals surface area (Å²) in [6.07, 6.45) is 4.26. The van der Waals surface area contributed by atoms with Crippen LogP contribution in [-0.2, 0) is 0 Å². The van der Waals surface area contributed by atoms with Crippen LogP contribution in [-0.4, -0.2) is 4.57 Å². The van der Waals surface area contributed by atoms with Gasteiger partial charge in [0, 0.05) is 49.2 Å². The molecule has 2 aromatic heterocycles. The van der Waals surface area contributed by atoms with Gasteiger partial charge in [0.2, 0.25) is 0 Å². The Morgan fingerprint density at radius 3 is 1.84 bits per heavy atom. The van der Waals surface area contributed by atoms with Crippen molar-refractivity contribution in [3.63, 3.8) is 0 Å². The lowest BCUT2D eigenvalue weighted by atomic mass is 9.95. The second-order valence-corrected chi connectivity index (χ2v) is 15.9. The molecule has 61 heavy (non-hydrogen) atoms. The minimum Gasteiger partial charge on any atom is -0.456 e. The van der Waals surface area contributed by atoms with E-state index in [-0.39, 0.29) is 0 Å². The number of hydrogen-bond acceptors (Lipinski definition) is 2. The van der Waals surface area contributed by atoms with Crippen molar-refractivity contribution >= 4 is 72.3 Å². The Bertz CT molecular complexity index is 3550. The van der Waals surface area contributed by atoms with E-state index >= 15 is 0 Å². The third-order valence-electron chi connectivity index (χ3n) is 12.5. The van der Waals surface area contributed by atoms with Crippen LogP contribution in [0, 0.1) is 0 Å². The Balaban J connectivity index is 1.01. The highest BCUT2D eigenvalue weighted by atomic mass is 16.3. The Kier molecular flexibility index (Phi) is 8.31. The molecule has 0 N–H and O–H groups in total. The maximum atomic E-state index is 6.51. The van der Waals surface area contributed by atoms with Gasteiger partial charge in [-0.1, -0.05) is 164 Å². The molecule has 9 aromatic carbocycles. The highest BCUT2D eigenvalue weighted by molar-refractivity contribution is 6.10. The maximum Gasteiger partial charge on any atom is 0.138 e. The Hall–Kier alpha value is -7.88. The number of nitrogens with zero attached hydrogens (tertiary/aromatic N) is 2. The number of para-hydroxylation sites is 5. The molecule has 2 heterocycles. The van der Waals surface area contributed by atoms with Gasteiger partial charge < -0.3 is 13.9 Å². The number of anilines is 3. The van der Waals surface area contributed by atoms with E-state index < -0.39 is 0 Å². The van der Waals surface area contributed by atoms with Crippen molar-refractivity contribution in [1.29, 1.82) is 0 Å². The predicted molar refractivity (Wildman–Crippen MR) is 256 cm³/mol. The van der Waals surface area contributed by atoms with Crippen LogP contribution in [0.4, 0.5) is 17.1 Å². The molecular formula is C58H40N2O. The van der Waals surface area contributed by atoms with Gasteiger partial charge in [0.15, 0.2) is 0 Å². The Morgan fingerprint density at radius 1 is 0.443 bits per heavy atom. The number of benzene rings is 9. The van der Waals surface area contributed by atoms with Crippen LogP contribution >= 0.6 is 0 Å². The number of fused-ring (bicyclic) bond motifs is 7. The topological polar surface area (TPSA) is 21.3 Å². The monoisotopic (exact) mass is 780 g/mol. The van der Waals surface area contributed by atoms with Crippen molar-refractivity contribution in [2.45, 2.75) is 12.8 Å². The summed E-state index contributed by atoms with van der Waals surface area (Å²) in [6.45, 7) is 0. The lowest BCUT2D eigenvalue weighted by molar-refractivity contribution is 0.568. The van der Waals surface area contributed by atoms with E-state index in [2.05, 4.69) is 222 Å². The molecule has 11 aromatic rings. The summed E-state index contributed by atoms with van der Waals surface area (Å²) in [5.74, 6) is 0. The molecule has 1 aliphatic carbocycles. The molecule has 0 fully saturated rings. The van der Waals surface area contributed by atoms with E-state index in [1.54, 1.807) is 0 Å². The second kappa shape index (κ2) is 14.4. The van der Waals surface area contributed by atoms with Gasteiger partial charge in [0.05, 0.1) is 28.1 Å². The fraction of sp³-hybridized carbons (Fsp3) is 0.0345. The van der Waals surface area contributed by atoms with Crippen LogP contribution in [0.1, 0.15) is 18.4 Å². The summed E-state index contributed by atoms with van der Waals surface area (Å²) in [7, 11) is 0. The molecule has 0 atom stereocenters. The zero-order valence-corrected chi connectivity index (χ0v) is 33.5. The molecule has 0 radical (unpaired) electrons. The summed E-state index contributed by atoms with van der Waals surface area (Å²) in [5.41, 5.74) is 15.9. The number of rotatable bonds is 7. The lowest BCUT2D eigenvalue weighted by Crippen LogP contribution is -2.26. The first-order valence-corrected chi connectivity index (χ1v) is 21.2. The smallest absolute Gasteiger partial charge is 0.138 e. The van der Waals surface area contributed by atoms with E-state index in [1.807, 2.05) is 6.07 Å². The largest absolute Gasteiger partial charge is 0.456 e. The summed E-state index contributed by atoms with van der Waals surface area (Å²) in [6, 6.07) is 77.0. The molecule has 1 aliphatic rings. The van der Waals surface area contributed by atoms with Crippen molar-refractivity contribution in [1.82, 2.24) is 4.57 Å². The zero-order valence-electron chi connectivity index (χ0n) is 33.5. The fourth-order valence-electron chi connectivity index (χ4n) is 9.73. The molecule has 0 bridgehead atoms. The van der Waals surface area contributed by atoms with E-state index in [9.17, 15) is 0 Å². The van der Waals surface area contributed by atoms with Crippen molar-refractivity contribution in [2.75, 3.05) is 4.90 Å². The summed E-state index contributed by atoms with van der Waals surface area (Å²) < 4.78 is 8.94. The molecule has 0 saturated carbocycles. The zero-order chi connectivity index (χ0) is 40.3. The third-order valence-corrected chi connectivity index (χ3v) is 12.5. The molecule has 0 spiro atoms. The van der Waals surface area contributed by atoms with Crippen molar-refractivity contribution in [2.24, 2.45) is 0 Å². The quantitative estimate of drug-likeness (QED) is 0.161. The van der Waals surface area contributed by atoms with Gasteiger partial charge in [0.1, 0.15) is 11.0 Å². The van der Waals surface area contributed by atoms with Crippen molar-refractivity contribution < 1.29 is 4.42 Å². The number of hydrogen-bond donors (Lipinski definition) is 0. The van der Waals surface area contributed by atoms with Gasteiger partial charge >= 0.3 is 0 Å². The highest BCUT2D eigenvalue weighted by Gasteiger charge is 2.21. The normalized spacial score (nSPS) is 12.6. The minimum atomic E-state index is 0.942.